The average molecular weight is 499 g/mol. The summed E-state index contributed by atoms with van der Waals surface area (Å²) in [7, 11) is 0. The normalized spacial score (nSPS) is 15.5. The number of halogens is 3. The molecule has 188 valence electrons. The van der Waals surface area contributed by atoms with Crippen LogP contribution in [0, 0.1) is 0 Å². The highest BCUT2D eigenvalue weighted by Gasteiger charge is 2.46. The molecule has 4 heteroatoms. The summed E-state index contributed by atoms with van der Waals surface area (Å²) in [5, 5.41) is 2.22. The van der Waals surface area contributed by atoms with Gasteiger partial charge in [0.1, 0.15) is 12.4 Å². The largest absolute Gasteiger partial charge is 0.488 e. The van der Waals surface area contributed by atoms with Crippen LogP contribution in [0.2, 0.25) is 0 Å². The number of alkyl halides is 3. The van der Waals surface area contributed by atoms with Crippen molar-refractivity contribution in [2.75, 3.05) is 6.61 Å². The zero-order valence-electron chi connectivity index (χ0n) is 21.1. The molecule has 4 aromatic carbocycles. The molecular weight excluding hydrogens is 469 g/mol. The molecule has 4 aromatic rings. The highest BCUT2D eigenvalue weighted by atomic mass is 19.4. The fraction of sp³-hybridized carbons (Fsp3) is 0.273. The van der Waals surface area contributed by atoms with Crippen molar-refractivity contribution in [1.29, 1.82) is 0 Å². The molecular formula is C33H29F3O. The van der Waals surface area contributed by atoms with Gasteiger partial charge >= 0.3 is 6.18 Å². The summed E-state index contributed by atoms with van der Waals surface area (Å²) in [6.07, 6.45) is 1.71. The van der Waals surface area contributed by atoms with Crippen molar-refractivity contribution in [3.05, 3.63) is 107 Å². The predicted octanol–water partition coefficient (Wildman–Crippen LogP) is 9.55. The fourth-order valence-electron chi connectivity index (χ4n) is 6.73. The first-order valence-corrected chi connectivity index (χ1v) is 13.1. The van der Waals surface area contributed by atoms with Crippen molar-refractivity contribution in [2.45, 2.75) is 51.1 Å². The standard InChI is InChI=1S/C33H29F3O/c1-3-18-32(19-4-2)27-12-8-7-11-26(27)28-24-9-5-6-10-25(24)31-29(30(28)32)23(17-20-37-31)21-13-15-22(16-14-21)33(34,35)36/h5-17H,3-4,18-20H2,1-2H3. The maximum absolute atomic E-state index is 13.3. The maximum atomic E-state index is 13.3. The summed E-state index contributed by atoms with van der Waals surface area (Å²) in [5.74, 6) is 0.844. The Bertz CT molecular complexity index is 1520. The fourth-order valence-corrected chi connectivity index (χ4v) is 6.73. The van der Waals surface area contributed by atoms with Gasteiger partial charge in [0.05, 0.1) is 5.56 Å². The van der Waals surface area contributed by atoms with E-state index in [-0.39, 0.29) is 5.41 Å². The van der Waals surface area contributed by atoms with E-state index < -0.39 is 11.7 Å². The molecule has 0 fully saturated rings. The van der Waals surface area contributed by atoms with Crippen LogP contribution in [-0.2, 0) is 11.6 Å². The first-order chi connectivity index (χ1) is 17.9. The lowest BCUT2D eigenvalue weighted by Crippen LogP contribution is -2.27. The van der Waals surface area contributed by atoms with Gasteiger partial charge in [-0.25, -0.2) is 0 Å². The molecule has 1 aliphatic heterocycles. The molecule has 1 nitrogen and oxygen atoms in total. The Labute approximate surface area is 215 Å². The third-order valence-corrected chi connectivity index (χ3v) is 8.02. The quantitative estimate of drug-likeness (QED) is 0.266. The smallest absolute Gasteiger partial charge is 0.416 e. The molecule has 1 aliphatic carbocycles. The molecule has 0 saturated carbocycles. The van der Waals surface area contributed by atoms with E-state index >= 15 is 0 Å². The zero-order valence-corrected chi connectivity index (χ0v) is 21.1. The van der Waals surface area contributed by atoms with Crippen molar-refractivity contribution in [3.8, 4) is 16.9 Å². The lowest BCUT2D eigenvalue weighted by Gasteiger charge is -2.36. The van der Waals surface area contributed by atoms with E-state index in [4.69, 9.17) is 4.74 Å². The Hall–Kier alpha value is -3.53. The molecule has 0 atom stereocenters. The van der Waals surface area contributed by atoms with Crippen LogP contribution in [0.15, 0.2) is 78.9 Å². The summed E-state index contributed by atoms with van der Waals surface area (Å²) in [6.45, 7) is 4.84. The van der Waals surface area contributed by atoms with Gasteiger partial charge in [-0.05, 0) is 69.8 Å². The third kappa shape index (κ3) is 3.53. The Morgan fingerprint density at radius 2 is 1.43 bits per heavy atom. The minimum Gasteiger partial charge on any atom is -0.488 e. The van der Waals surface area contributed by atoms with Crippen LogP contribution in [0.3, 0.4) is 0 Å². The highest BCUT2D eigenvalue weighted by molar-refractivity contribution is 6.10. The van der Waals surface area contributed by atoms with E-state index in [1.807, 2.05) is 12.1 Å². The topological polar surface area (TPSA) is 9.23 Å². The Kier molecular flexibility index (Phi) is 5.67. The number of ether oxygens (including phenoxy) is 1. The molecule has 6 rings (SSSR count). The van der Waals surface area contributed by atoms with E-state index in [1.54, 1.807) is 12.1 Å². The monoisotopic (exact) mass is 498 g/mol. The van der Waals surface area contributed by atoms with E-state index in [9.17, 15) is 13.2 Å². The summed E-state index contributed by atoms with van der Waals surface area (Å²) < 4.78 is 46.4. The molecule has 0 N–H and O–H groups in total. The van der Waals surface area contributed by atoms with Crippen molar-refractivity contribution in [1.82, 2.24) is 0 Å². The van der Waals surface area contributed by atoms with Gasteiger partial charge in [0.25, 0.3) is 0 Å². The minimum absolute atomic E-state index is 0.185. The number of fused-ring (bicyclic) bond motifs is 8. The minimum atomic E-state index is -4.36. The van der Waals surface area contributed by atoms with Gasteiger partial charge in [-0.2, -0.15) is 13.2 Å². The van der Waals surface area contributed by atoms with Crippen LogP contribution in [0.25, 0.3) is 27.5 Å². The summed E-state index contributed by atoms with van der Waals surface area (Å²) in [5.41, 5.74) is 7.10. The van der Waals surface area contributed by atoms with Gasteiger partial charge in [0, 0.05) is 16.4 Å². The van der Waals surface area contributed by atoms with Crippen LogP contribution in [0.5, 0.6) is 5.75 Å². The maximum Gasteiger partial charge on any atom is 0.416 e. The van der Waals surface area contributed by atoms with Gasteiger partial charge in [-0.1, -0.05) is 87.4 Å². The number of benzene rings is 4. The second kappa shape index (κ2) is 8.79. The van der Waals surface area contributed by atoms with Crippen LogP contribution in [0.1, 0.15) is 67.3 Å². The van der Waals surface area contributed by atoms with E-state index in [0.29, 0.717) is 6.61 Å². The molecule has 0 bridgehead atoms. The molecule has 0 aromatic heterocycles. The zero-order chi connectivity index (χ0) is 25.8. The predicted molar refractivity (Wildman–Crippen MR) is 144 cm³/mol. The van der Waals surface area contributed by atoms with E-state index in [1.165, 1.54) is 39.8 Å². The van der Waals surface area contributed by atoms with Gasteiger partial charge in [0.2, 0.25) is 0 Å². The van der Waals surface area contributed by atoms with Crippen molar-refractivity contribution in [2.24, 2.45) is 0 Å². The first kappa shape index (κ1) is 23.8. The lowest BCUT2D eigenvalue weighted by atomic mass is 9.68. The average Bonchev–Trinajstić information content (AvgIpc) is 3.19. The van der Waals surface area contributed by atoms with Crippen molar-refractivity contribution < 1.29 is 17.9 Å². The molecule has 0 saturated heterocycles. The summed E-state index contributed by atoms with van der Waals surface area (Å²) in [4.78, 5) is 0. The van der Waals surface area contributed by atoms with Crippen molar-refractivity contribution >= 4 is 16.3 Å². The van der Waals surface area contributed by atoms with Crippen LogP contribution in [-0.4, -0.2) is 6.61 Å². The first-order valence-electron chi connectivity index (χ1n) is 13.1. The molecule has 0 spiro atoms. The van der Waals surface area contributed by atoms with E-state index in [0.717, 1.165) is 53.5 Å². The second-order valence-electron chi connectivity index (χ2n) is 10.1. The third-order valence-electron chi connectivity index (χ3n) is 8.02. The lowest BCUT2D eigenvalue weighted by molar-refractivity contribution is -0.137. The Morgan fingerprint density at radius 3 is 2.11 bits per heavy atom. The number of hydrogen-bond acceptors (Lipinski definition) is 1. The molecule has 2 aliphatic rings. The summed E-state index contributed by atoms with van der Waals surface area (Å²) in [6, 6.07) is 22.7. The molecule has 1 heterocycles. The van der Waals surface area contributed by atoms with Crippen LogP contribution in [0.4, 0.5) is 13.2 Å². The van der Waals surface area contributed by atoms with E-state index in [2.05, 4.69) is 56.3 Å². The molecule has 37 heavy (non-hydrogen) atoms. The number of rotatable bonds is 5. The Balaban J connectivity index is 1.71. The molecule has 0 unspecified atom stereocenters. The van der Waals surface area contributed by atoms with Crippen LogP contribution < -0.4 is 4.74 Å². The molecule has 0 amide bonds. The highest BCUT2D eigenvalue weighted by Crippen LogP contribution is 2.61. The van der Waals surface area contributed by atoms with Crippen LogP contribution >= 0.6 is 0 Å². The summed E-state index contributed by atoms with van der Waals surface area (Å²) >= 11 is 0. The van der Waals surface area contributed by atoms with Gasteiger partial charge in [-0.15, -0.1) is 0 Å². The SMILES string of the molecule is CCCC1(CCC)c2ccccc2-c2c1c1c(c3ccccc23)OCC=C1c1ccc(C(F)(F)F)cc1. The van der Waals surface area contributed by atoms with Gasteiger partial charge in [-0.3, -0.25) is 0 Å². The van der Waals surface area contributed by atoms with Crippen molar-refractivity contribution in [3.63, 3.8) is 0 Å². The molecule has 0 radical (unpaired) electrons. The van der Waals surface area contributed by atoms with Gasteiger partial charge < -0.3 is 4.74 Å². The Morgan fingerprint density at radius 1 is 0.784 bits per heavy atom. The second-order valence-corrected chi connectivity index (χ2v) is 10.1. The number of hydrogen-bond donors (Lipinski definition) is 0. The van der Waals surface area contributed by atoms with Gasteiger partial charge in [0.15, 0.2) is 0 Å².